The van der Waals surface area contributed by atoms with Crippen molar-refractivity contribution in [1.82, 2.24) is 9.47 Å². The summed E-state index contributed by atoms with van der Waals surface area (Å²) in [5, 5.41) is -0.574. The van der Waals surface area contributed by atoms with Gasteiger partial charge in [-0.2, -0.15) is 13.2 Å². The third-order valence-corrected chi connectivity index (χ3v) is 10.9. The molecule has 0 aliphatic carbocycles. The fraction of sp³-hybridized carbons (Fsp3) is 0.419. The Bertz CT molecular complexity index is 1690. The Kier molecular flexibility index (Phi) is 7.78. The highest BCUT2D eigenvalue weighted by molar-refractivity contribution is 8.00. The molecular formula is C31H30F3N3O5S2. The van der Waals surface area contributed by atoms with Gasteiger partial charge in [0.15, 0.2) is 0 Å². The molecule has 3 aromatic rings. The lowest BCUT2D eigenvalue weighted by Crippen LogP contribution is -2.43. The van der Waals surface area contributed by atoms with E-state index < -0.39 is 40.6 Å². The molecule has 3 aliphatic heterocycles. The van der Waals surface area contributed by atoms with E-state index in [-0.39, 0.29) is 28.4 Å². The van der Waals surface area contributed by atoms with E-state index in [0.717, 1.165) is 45.7 Å². The topological polar surface area (TPSA) is 88.9 Å². The lowest BCUT2D eigenvalue weighted by molar-refractivity contribution is -0.138. The van der Waals surface area contributed by atoms with Gasteiger partial charge in [0.05, 0.1) is 35.4 Å². The summed E-state index contributed by atoms with van der Waals surface area (Å²) in [6.45, 7) is 7.57. The summed E-state index contributed by atoms with van der Waals surface area (Å²) in [6.07, 6.45) is -4.66. The quantitative estimate of drug-likeness (QED) is 0.376. The van der Waals surface area contributed by atoms with Gasteiger partial charge >= 0.3 is 11.0 Å². The average molecular weight is 646 g/mol. The summed E-state index contributed by atoms with van der Waals surface area (Å²) >= 11 is 1.97. The van der Waals surface area contributed by atoms with Crippen LogP contribution in [0.4, 0.5) is 18.9 Å². The van der Waals surface area contributed by atoms with Crippen LogP contribution in [0.5, 0.6) is 0 Å². The highest BCUT2D eigenvalue weighted by Gasteiger charge is 2.57. The standard InChI is InChI=1S/C31H30F3N3O5S2/c1-30(2,3)18-9-7-17(8-10-18)22-23-24(27(40)37(26(23)39)20-6-4-5-19(15-20)31(32,33)34)43-28-25(22)44-29(41)36(28)16-21(38)35-11-13-42-14-12-35/h4-10,15,22-24H,11-14,16H2,1-3H3. The molecule has 232 valence electrons. The van der Waals surface area contributed by atoms with Crippen LogP contribution in [0, 0.1) is 5.92 Å². The largest absolute Gasteiger partial charge is 0.416 e. The van der Waals surface area contributed by atoms with Gasteiger partial charge in [0.2, 0.25) is 17.7 Å². The maximum atomic E-state index is 14.1. The van der Waals surface area contributed by atoms with Crippen LogP contribution >= 0.6 is 23.1 Å². The molecule has 6 rings (SSSR count). The number of nitrogens with zero attached hydrogens (tertiary/aromatic N) is 3. The number of aromatic nitrogens is 1. The molecule has 0 bridgehead atoms. The number of fused-ring (bicyclic) bond motifs is 2. The first kappa shape index (κ1) is 30.6. The summed E-state index contributed by atoms with van der Waals surface area (Å²) in [5.41, 5.74) is 0.470. The van der Waals surface area contributed by atoms with Crippen LogP contribution in [-0.4, -0.2) is 58.7 Å². The highest BCUT2D eigenvalue weighted by Crippen LogP contribution is 2.54. The Morgan fingerprint density at radius 3 is 2.27 bits per heavy atom. The fourth-order valence-corrected chi connectivity index (χ4v) is 8.70. The monoisotopic (exact) mass is 645 g/mol. The smallest absolute Gasteiger partial charge is 0.378 e. The SMILES string of the molecule is CC(C)(C)c1ccc(C2c3sc(=O)n(CC(=O)N4CCOCC4)c3SC3C(=O)N(c4cccc(C(F)(F)F)c4)C(=O)C32)cc1. The molecule has 8 nitrogen and oxygen atoms in total. The fourth-order valence-electron chi connectivity index (χ4n) is 5.93. The van der Waals surface area contributed by atoms with E-state index in [1.54, 1.807) is 4.90 Å². The number of halogens is 3. The number of carbonyl (C=O) groups is 3. The molecule has 0 N–H and O–H groups in total. The number of hydrogen-bond acceptors (Lipinski definition) is 7. The number of thioether (sulfide) groups is 1. The van der Waals surface area contributed by atoms with Crippen molar-refractivity contribution in [1.29, 1.82) is 0 Å². The van der Waals surface area contributed by atoms with E-state index in [4.69, 9.17) is 4.74 Å². The van der Waals surface area contributed by atoms with E-state index in [1.165, 1.54) is 16.7 Å². The average Bonchev–Trinajstić information content (AvgIpc) is 3.43. The second-order valence-electron chi connectivity index (χ2n) is 12.1. The molecule has 44 heavy (non-hydrogen) atoms. The van der Waals surface area contributed by atoms with Crippen LogP contribution in [0.15, 0.2) is 58.4 Å². The molecule has 13 heteroatoms. The molecule has 3 amide bonds. The first-order valence-corrected chi connectivity index (χ1v) is 15.9. The van der Waals surface area contributed by atoms with Crippen molar-refractivity contribution in [3.05, 3.63) is 79.8 Å². The van der Waals surface area contributed by atoms with E-state index in [2.05, 4.69) is 20.8 Å². The molecule has 0 spiro atoms. The third kappa shape index (κ3) is 5.39. The lowest BCUT2D eigenvalue weighted by Gasteiger charge is -2.31. The van der Waals surface area contributed by atoms with Gasteiger partial charge in [0.25, 0.3) is 0 Å². The molecule has 4 heterocycles. The molecule has 1 aromatic heterocycles. The number of benzene rings is 2. The summed E-state index contributed by atoms with van der Waals surface area (Å²) in [6, 6.07) is 11.8. The minimum Gasteiger partial charge on any atom is -0.378 e. The summed E-state index contributed by atoms with van der Waals surface area (Å²) in [7, 11) is 0. The van der Waals surface area contributed by atoms with Crippen molar-refractivity contribution < 1.29 is 32.3 Å². The van der Waals surface area contributed by atoms with Crippen LogP contribution in [0.25, 0.3) is 0 Å². The number of rotatable bonds is 4. The van der Waals surface area contributed by atoms with Gasteiger partial charge in [-0.05, 0) is 34.7 Å². The summed E-state index contributed by atoms with van der Waals surface area (Å²) in [4.78, 5) is 57.1. The Morgan fingerprint density at radius 1 is 0.955 bits per heavy atom. The van der Waals surface area contributed by atoms with Gasteiger partial charge in [-0.1, -0.05) is 74.2 Å². The van der Waals surface area contributed by atoms with Crippen LogP contribution in [0.2, 0.25) is 0 Å². The van der Waals surface area contributed by atoms with Crippen LogP contribution in [0.1, 0.15) is 48.3 Å². The lowest BCUT2D eigenvalue weighted by atomic mass is 9.81. The maximum absolute atomic E-state index is 14.1. The molecule has 2 saturated heterocycles. The van der Waals surface area contributed by atoms with Gasteiger partial charge in [-0.15, -0.1) is 0 Å². The molecule has 0 saturated carbocycles. The predicted octanol–water partition coefficient (Wildman–Crippen LogP) is 4.88. The van der Waals surface area contributed by atoms with Gasteiger partial charge in [0, 0.05) is 23.9 Å². The normalized spacial score (nSPS) is 22.3. The van der Waals surface area contributed by atoms with Crippen LogP contribution < -0.4 is 9.77 Å². The van der Waals surface area contributed by atoms with E-state index in [0.29, 0.717) is 41.8 Å². The number of anilines is 1. The first-order chi connectivity index (χ1) is 20.8. The number of imide groups is 1. The van der Waals surface area contributed by atoms with Crippen LogP contribution in [-0.2, 0) is 37.3 Å². The zero-order valence-corrected chi connectivity index (χ0v) is 25.9. The van der Waals surface area contributed by atoms with Crippen molar-refractivity contribution in [2.75, 3.05) is 31.2 Å². The molecule has 3 unspecified atom stereocenters. The second-order valence-corrected chi connectivity index (χ2v) is 14.2. The minimum atomic E-state index is -4.66. The zero-order chi connectivity index (χ0) is 31.6. The van der Waals surface area contributed by atoms with Crippen molar-refractivity contribution in [3.8, 4) is 0 Å². The number of morpholine rings is 1. The second kappa shape index (κ2) is 11.2. The highest BCUT2D eigenvalue weighted by atomic mass is 32.2. The summed E-state index contributed by atoms with van der Waals surface area (Å²) < 4.78 is 47.3. The van der Waals surface area contributed by atoms with Gasteiger partial charge in [-0.3, -0.25) is 23.7 Å². The molecule has 2 fully saturated rings. The Labute approximate surface area is 259 Å². The summed E-state index contributed by atoms with van der Waals surface area (Å²) in [5.74, 6) is -3.22. The molecule has 3 atom stereocenters. The molecule has 0 radical (unpaired) electrons. The molecular weight excluding hydrogens is 615 g/mol. The zero-order valence-electron chi connectivity index (χ0n) is 24.2. The first-order valence-electron chi connectivity index (χ1n) is 14.2. The van der Waals surface area contributed by atoms with Gasteiger partial charge < -0.3 is 9.64 Å². The molecule has 3 aliphatic rings. The van der Waals surface area contributed by atoms with Crippen molar-refractivity contribution >= 4 is 46.5 Å². The van der Waals surface area contributed by atoms with Crippen molar-refractivity contribution in [3.63, 3.8) is 0 Å². The molecule has 2 aromatic carbocycles. The number of amides is 3. The Balaban J connectivity index is 1.44. The number of hydrogen-bond donors (Lipinski definition) is 0. The van der Waals surface area contributed by atoms with E-state index in [9.17, 15) is 32.3 Å². The van der Waals surface area contributed by atoms with E-state index >= 15 is 0 Å². The maximum Gasteiger partial charge on any atom is 0.416 e. The predicted molar refractivity (Wildman–Crippen MR) is 160 cm³/mol. The van der Waals surface area contributed by atoms with E-state index in [1.807, 2.05) is 24.3 Å². The van der Waals surface area contributed by atoms with Crippen LogP contribution in [0.3, 0.4) is 0 Å². The van der Waals surface area contributed by atoms with Crippen molar-refractivity contribution in [2.45, 2.75) is 55.1 Å². The number of alkyl halides is 3. The van der Waals surface area contributed by atoms with Gasteiger partial charge in [0.1, 0.15) is 11.8 Å². The van der Waals surface area contributed by atoms with Crippen molar-refractivity contribution in [2.24, 2.45) is 5.92 Å². The van der Waals surface area contributed by atoms with Gasteiger partial charge in [-0.25, -0.2) is 4.90 Å². The minimum absolute atomic E-state index is 0.151. The third-order valence-electron chi connectivity index (χ3n) is 8.27. The number of carbonyl (C=O) groups excluding carboxylic acids is 3. The Morgan fingerprint density at radius 2 is 1.64 bits per heavy atom. The Hall–Kier alpha value is -3.42. The number of ether oxygens (including phenoxy) is 1. The number of thiazole rings is 1.